The Bertz CT molecular complexity index is 655. The minimum atomic E-state index is 0.400. The molecule has 8 heteroatoms. The molecule has 17 heavy (non-hydrogen) atoms. The number of anilines is 1. The molecule has 0 unspecified atom stereocenters. The number of hydrogen-bond donors (Lipinski definition) is 1. The van der Waals surface area contributed by atoms with Crippen LogP contribution in [0.25, 0.3) is 14.8 Å². The Morgan fingerprint density at radius 1 is 1.35 bits per heavy atom. The maximum atomic E-state index is 5.70. The molecule has 0 fully saturated rings. The Morgan fingerprint density at radius 3 is 2.94 bits per heavy atom. The van der Waals surface area contributed by atoms with Crippen molar-refractivity contribution in [1.82, 2.24) is 19.8 Å². The molecule has 88 valence electrons. The molecule has 3 rings (SSSR count). The fourth-order valence-corrected chi connectivity index (χ4v) is 3.13. The molecule has 0 radical (unpaired) electrons. The minimum Gasteiger partial charge on any atom is -0.391 e. The summed E-state index contributed by atoms with van der Waals surface area (Å²) < 4.78 is 6.75. The highest BCUT2D eigenvalue weighted by Gasteiger charge is 2.13. The van der Waals surface area contributed by atoms with E-state index in [2.05, 4.69) is 15.3 Å². The molecule has 3 aromatic rings. The molecule has 3 heterocycles. The molecule has 0 aliphatic rings. The van der Waals surface area contributed by atoms with Gasteiger partial charge in [0.25, 0.3) is 0 Å². The lowest BCUT2D eigenvalue weighted by Crippen LogP contribution is -1.97. The molecule has 0 aliphatic heterocycles. The van der Waals surface area contributed by atoms with Crippen molar-refractivity contribution in [3.8, 4) is 9.88 Å². The highest BCUT2D eigenvalue weighted by molar-refractivity contribution is 7.25. The number of nitrogen functional groups attached to an aromatic ring is 1. The molecule has 0 saturated heterocycles. The molecule has 0 saturated carbocycles. The van der Waals surface area contributed by atoms with Crippen molar-refractivity contribution in [3.63, 3.8) is 0 Å². The van der Waals surface area contributed by atoms with Crippen LogP contribution in [0.15, 0.2) is 12.1 Å². The third-order valence-corrected chi connectivity index (χ3v) is 4.15. The zero-order valence-electron chi connectivity index (χ0n) is 8.95. The largest absolute Gasteiger partial charge is 0.391 e. The first-order chi connectivity index (χ1) is 8.28. The second-order valence-electron chi connectivity index (χ2n) is 3.35. The van der Waals surface area contributed by atoms with Gasteiger partial charge >= 0.3 is 0 Å². The predicted molar refractivity (Wildman–Crippen MR) is 67.1 cm³/mol. The Morgan fingerprint density at radius 2 is 2.24 bits per heavy atom. The summed E-state index contributed by atoms with van der Waals surface area (Å²) in [6.07, 6.45) is 0. The average molecular weight is 267 g/mol. The summed E-state index contributed by atoms with van der Waals surface area (Å²) in [5.74, 6) is 0.703. The predicted octanol–water partition coefficient (Wildman–Crippen LogP) is 1.64. The summed E-state index contributed by atoms with van der Waals surface area (Å²) in [4.78, 5) is 1.81. The van der Waals surface area contributed by atoms with E-state index >= 15 is 0 Å². The molecule has 0 aromatic carbocycles. The van der Waals surface area contributed by atoms with Crippen LogP contribution in [0.2, 0.25) is 0 Å². The van der Waals surface area contributed by atoms with E-state index in [1.165, 1.54) is 22.7 Å². The van der Waals surface area contributed by atoms with Crippen LogP contribution in [0.4, 0.5) is 5.00 Å². The van der Waals surface area contributed by atoms with Crippen LogP contribution in [0.1, 0.15) is 5.82 Å². The van der Waals surface area contributed by atoms with Crippen LogP contribution >= 0.6 is 22.7 Å². The van der Waals surface area contributed by atoms with E-state index in [9.17, 15) is 0 Å². The average Bonchev–Trinajstić information content (AvgIpc) is 2.95. The van der Waals surface area contributed by atoms with Crippen LogP contribution in [0, 0.1) is 0 Å². The molecule has 0 bridgehead atoms. The lowest BCUT2D eigenvalue weighted by molar-refractivity contribution is 0.176. The zero-order valence-corrected chi connectivity index (χ0v) is 10.6. The normalized spacial score (nSPS) is 11.4. The first-order valence-electron chi connectivity index (χ1n) is 4.83. The van der Waals surface area contributed by atoms with E-state index in [-0.39, 0.29) is 0 Å². The van der Waals surface area contributed by atoms with Gasteiger partial charge < -0.3 is 10.5 Å². The summed E-state index contributed by atoms with van der Waals surface area (Å²) in [5.41, 5.74) is 5.70. The van der Waals surface area contributed by atoms with Gasteiger partial charge in [-0.25, -0.2) is 0 Å². The molecule has 0 spiro atoms. The lowest BCUT2D eigenvalue weighted by Gasteiger charge is -1.92. The number of rotatable bonds is 3. The van der Waals surface area contributed by atoms with E-state index in [1.807, 2.05) is 12.1 Å². The van der Waals surface area contributed by atoms with Gasteiger partial charge in [-0.15, -0.1) is 21.5 Å². The highest BCUT2D eigenvalue weighted by atomic mass is 32.1. The Balaban J connectivity index is 2.07. The smallest absolute Gasteiger partial charge is 0.235 e. The van der Waals surface area contributed by atoms with Crippen LogP contribution in [0.5, 0.6) is 0 Å². The standard InChI is InChI=1S/C9H9N5OS2/c1-15-4-7-11-12-9-14(7)13-8(17-9)5-2-3-6(10)16-5/h2-3H,4,10H2,1H3. The second kappa shape index (κ2) is 4.06. The van der Waals surface area contributed by atoms with E-state index in [0.29, 0.717) is 12.4 Å². The topological polar surface area (TPSA) is 78.3 Å². The van der Waals surface area contributed by atoms with E-state index in [1.54, 1.807) is 11.6 Å². The van der Waals surface area contributed by atoms with Gasteiger partial charge in [0, 0.05) is 7.11 Å². The number of thiophene rings is 1. The Labute approximate surface area is 105 Å². The summed E-state index contributed by atoms with van der Waals surface area (Å²) in [7, 11) is 1.62. The number of nitrogens with zero attached hydrogens (tertiary/aromatic N) is 4. The van der Waals surface area contributed by atoms with Crippen LogP contribution < -0.4 is 5.73 Å². The van der Waals surface area contributed by atoms with E-state index < -0.39 is 0 Å². The lowest BCUT2D eigenvalue weighted by atomic mass is 10.5. The zero-order chi connectivity index (χ0) is 11.8. The second-order valence-corrected chi connectivity index (χ2v) is 5.42. The highest BCUT2D eigenvalue weighted by Crippen LogP contribution is 2.32. The number of methoxy groups -OCH3 is 1. The van der Waals surface area contributed by atoms with Crippen LogP contribution in [-0.2, 0) is 11.3 Å². The summed E-state index contributed by atoms with van der Waals surface area (Å²) in [5, 5.41) is 14.2. The number of fused-ring (bicyclic) bond motifs is 1. The molecule has 0 atom stereocenters. The van der Waals surface area contributed by atoms with Gasteiger partial charge in [0.05, 0.1) is 9.88 Å². The summed E-state index contributed by atoms with van der Waals surface area (Å²) in [6.45, 7) is 0.400. The maximum Gasteiger partial charge on any atom is 0.235 e. The van der Waals surface area contributed by atoms with Gasteiger partial charge in [-0.1, -0.05) is 11.3 Å². The van der Waals surface area contributed by atoms with Gasteiger partial charge in [-0.3, -0.25) is 0 Å². The number of nitrogens with two attached hydrogens (primary N) is 1. The minimum absolute atomic E-state index is 0.400. The summed E-state index contributed by atoms with van der Waals surface area (Å²) >= 11 is 3.00. The quantitative estimate of drug-likeness (QED) is 0.780. The van der Waals surface area contributed by atoms with Gasteiger partial charge in [0.15, 0.2) is 10.8 Å². The number of hydrogen-bond acceptors (Lipinski definition) is 7. The van der Waals surface area contributed by atoms with Crippen molar-refractivity contribution < 1.29 is 4.74 Å². The molecule has 0 amide bonds. The van der Waals surface area contributed by atoms with Gasteiger partial charge in [0.1, 0.15) is 6.61 Å². The fraction of sp³-hybridized carbons (Fsp3) is 0.222. The van der Waals surface area contributed by atoms with Gasteiger partial charge in [0.2, 0.25) is 4.96 Å². The monoisotopic (exact) mass is 267 g/mol. The first kappa shape index (κ1) is 10.6. The van der Waals surface area contributed by atoms with Crippen LogP contribution in [0.3, 0.4) is 0 Å². The molecule has 2 N–H and O–H groups in total. The molecular weight excluding hydrogens is 258 g/mol. The van der Waals surface area contributed by atoms with Crippen molar-refractivity contribution in [2.24, 2.45) is 0 Å². The first-order valence-corrected chi connectivity index (χ1v) is 6.47. The Hall–Kier alpha value is -1.51. The fourth-order valence-electron chi connectivity index (χ4n) is 1.44. The van der Waals surface area contributed by atoms with Crippen molar-refractivity contribution in [1.29, 1.82) is 0 Å². The van der Waals surface area contributed by atoms with E-state index in [4.69, 9.17) is 10.5 Å². The van der Waals surface area contributed by atoms with E-state index in [0.717, 1.165) is 19.8 Å². The number of ether oxygens (including phenoxy) is 1. The number of aromatic nitrogens is 4. The van der Waals surface area contributed by atoms with Crippen molar-refractivity contribution in [2.45, 2.75) is 6.61 Å². The third kappa shape index (κ3) is 1.79. The molecule has 6 nitrogen and oxygen atoms in total. The third-order valence-electron chi connectivity index (χ3n) is 2.17. The van der Waals surface area contributed by atoms with Crippen LogP contribution in [-0.4, -0.2) is 26.9 Å². The SMILES string of the molecule is COCc1nnc2sc(-c3ccc(N)s3)nn12. The van der Waals surface area contributed by atoms with Crippen molar-refractivity contribution >= 4 is 32.6 Å². The molecule has 0 aliphatic carbocycles. The Kier molecular flexibility index (Phi) is 2.54. The maximum absolute atomic E-state index is 5.70. The molecular formula is C9H9N5OS2. The van der Waals surface area contributed by atoms with Crippen molar-refractivity contribution in [2.75, 3.05) is 12.8 Å². The van der Waals surface area contributed by atoms with Gasteiger partial charge in [-0.2, -0.15) is 9.61 Å². The molecule has 3 aromatic heterocycles. The summed E-state index contributed by atoms with van der Waals surface area (Å²) in [6, 6.07) is 3.83. The van der Waals surface area contributed by atoms with Crippen molar-refractivity contribution in [3.05, 3.63) is 18.0 Å². The van der Waals surface area contributed by atoms with Gasteiger partial charge in [-0.05, 0) is 12.1 Å².